The fraction of sp³-hybridized carbons (Fsp3) is 0.267. The molecule has 1 aromatic carbocycles. The van der Waals surface area contributed by atoms with Crippen molar-refractivity contribution < 1.29 is 4.40 Å². The predicted molar refractivity (Wildman–Crippen MR) is 70.2 cm³/mol. The average molecular weight is 225 g/mol. The number of pyridine rings is 1. The van der Waals surface area contributed by atoms with E-state index in [1.807, 2.05) is 0 Å². The first-order valence-corrected chi connectivity index (χ1v) is 6.09. The Bertz CT molecular complexity index is 708. The third kappa shape index (κ3) is 1.44. The molecule has 0 aliphatic carbocycles. The van der Waals surface area contributed by atoms with Crippen LogP contribution in [0.15, 0.2) is 36.7 Å². The Kier molecular flexibility index (Phi) is 2.18. The molecule has 0 radical (unpaired) electrons. The number of hydrogen-bond acceptors (Lipinski definition) is 0. The van der Waals surface area contributed by atoms with E-state index in [0.717, 1.165) is 6.42 Å². The van der Waals surface area contributed by atoms with Gasteiger partial charge in [-0.3, -0.25) is 0 Å². The summed E-state index contributed by atoms with van der Waals surface area (Å²) < 4.78 is 4.50. The lowest BCUT2D eigenvalue weighted by Crippen LogP contribution is -2.18. The minimum atomic E-state index is 1.06. The fourth-order valence-corrected chi connectivity index (χ4v) is 2.52. The van der Waals surface area contributed by atoms with Crippen molar-refractivity contribution in [2.75, 3.05) is 0 Å². The zero-order valence-corrected chi connectivity index (χ0v) is 10.6. The van der Waals surface area contributed by atoms with Crippen molar-refractivity contribution in [1.29, 1.82) is 0 Å². The molecule has 0 N–H and O–H groups in total. The number of aromatic nitrogens is 2. The highest BCUT2D eigenvalue weighted by Gasteiger charge is 2.13. The largest absolute Gasteiger partial charge is 0.286 e. The minimum Gasteiger partial charge on any atom is -0.230 e. The normalized spacial score (nSPS) is 11.5. The van der Waals surface area contributed by atoms with Crippen molar-refractivity contribution in [2.45, 2.75) is 20.3 Å². The van der Waals surface area contributed by atoms with Gasteiger partial charge in [0.15, 0.2) is 0 Å². The van der Waals surface area contributed by atoms with Crippen molar-refractivity contribution in [3.8, 4) is 0 Å². The van der Waals surface area contributed by atoms with E-state index >= 15 is 0 Å². The number of nitrogens with zero attached hydrogens (tertiary/aromatic N) is 2. The molecule has 86 valence electrons. The van der Waals surface area contributed by atoms with Crippen LogP contribution in [0.3, 0.4) is 0 Å². The van der Waals surface area contributed by atoms with E-state index in [1.54, 1.807) is 0 Å². The summed E-state index contributed by atoms with van der Waals surface area (Å²) in [6.07, 6.45) is 5.52. The molecule has 0 atom stereocenters. The van der Waals surface area contributed by atoms with Crippen LogP contribution in [0.25, 0.3) is 16.4 Å². The molecule has 0 saturated carbocycles. The van der Waals surface area contributed by atoms with Crippen molar-refractivity contribution in [1.82, 2.24) is 4.57 Å². The molecule has 0 aliphatic rings. The zero-order chi connectivity index (χ0) is 12.0. The zero-order valence-electron chi connectivity index (χ0n) is 10.6. The molecule has 3 aromatic rings. The van der Waals surface area contributed by atoms with Gasteiger partial charge < -0.3 is 0 Å². The van der Waals surface area contributed by atoms with Crippen LogP contribution in [-0.4, -0.2) is 4.57 Å². The highest BCUT2D eigenvalue weighted by Crippen LogP contribution is 2.18. The van der Waals surface area contributed by atoms with Gasteiger partial charge in [0, 0.05) is 17.9 Å². The van der Waals surface area contributed by atoms with Crippen LogP contribution in [0.1, 0.15) is 18.2 Å². The summed E-state index contributed by atoms with van der Waals surface area (Å²) in [4.78, 5) is 0. The average Bonchev–Trinajstić information content (AvgIpc) is 2.65. The second kappa shape index (κ2) is 3.59. The lowest BCUT2D eigenvalue weighted by Gasteiger charge is -1.99. The Morgan fingerprint density at radius 3 is 2.82 bits per heavy atom. The standard InChI is InChI=1S/C15H17N2/c1-4-13-9-17-10-14-11(2)6-5-7-12(14)8-15(17)16(13)3/h5-10H,4H2,1-3H3/q+1. The Balaban J connectivity index is 2.46. The second-order valence-electron chi connectivity index (χ2n) is 4.65. The van der Waals surface area contributed by atoms with E-state index in [-0.39, 0.29) is 0 Å². The molecule has 2 aromatic heterocycles. The fourth-order valence-electron chi connectivity index (χ4n) is 2.52. The molecular weight excluding hydrogens is 208 g/mol. The molecule has 0 spiro atoms. The monoisotopic (exact) mass is 225 g/mol. The summed E-state index contributed by atoms with van der Waals surface area (Å²) >= 11 is 0. The minimum absolute atomic E-state index is 1.06. The molecule has 2 heterocycles. The van der Waals surface area contributed by atoms with Crippen LogP contribution in [0.2, 0.25) is 0 Å². The summed E-state index contributed by atoms with van der Waals surface area (Å²) in [6.45, 7) is 4.36. The topological polar surface area (TPSA) is 9.03 Å². The van der Waals surface area contributed by atoms with E-state index in [2.05, 4.69) is 66.5 Å². The molecule has 0 fully saturated rings. The highest BCUT2D eigenvalue weighted by atomic mass is 15.1. The quantitative estimate of drug-likeness (QED) is 0.563. The van der Waals surface area contributed by atoms with Gasteiger partial charge in [0.25, 0.3) is 5.65 Å². The maximum Gasteiger partial charge on any atom is 0.286 e. The van der Waals surface area contributed by atoms with Gasteiger partial charge in [-0.25, -0.2) is 8.97 Å². The van der Waals surface area contributed by atoms with Crippen molar-refractivity contribution in [3.63, 3.8) is 0 Å². The number of hydrogen-bond donors (Lipinski definition) is 0. The predicted octanol–water partition coefficient (Wildman–Crippen LogP) is 2.79. The molecule has 17 heavy (non-hydrogen) atoms. The first-order valence-electron chi connectivity index (χ1n) is 6.09. The van der Waals surface area contributed by atoms with Gasteiger partial charge >= 0.3 is 0 Å². The van der Waals surface area contributed by atoms with Crippen molar-refractivity contribution >= 4 is 16.4 Å². The smallest absolute Gasteiger partial charge is 0.230 e. The van der Waals surface area contributed by atoms with Gasteiger partial charge in [-0.1, -0.05) is 25.1 Å². The SMILES string of the molecule is CCc1c[n+]2cc3c(C)cccc3cc2n1C. The van der Waals surface area contributed by atoms with Crippen molar-refractivity contribution in [3.05, 3.63) is 47.9 Å². The second-order valence-corrected chi connectivity index (χ2v) is 4.65. The number of aryl methyl sites for hydroxylation is 3. The maximum absolute atomic E-state index is 2.27. The summed E-state index contributed by atoms with van der Waals surface area (Å²) in [7, 11) is 2.13. The van der Waals surface area contributed by atoms with E-state index in [4.69, 9.17) is 0 Å². The molecule has 2 heteroatoms. The number of rotatable bonds is 1. The molecular formula is C15H17N2+. The third-order valence-corrected chi connectivity index (χ3v) is 3.60. The van der Waals surface area contributed by atoms with Crippen LogP contribution in [-0.2, 0) is 13.5 Å². The van der Waals surface area contributed by atoms with Crippen LogP contribution >= 0.6 is 0 Å². The number of benzene rings is 1. The maximum atomic E-state index is 2.27. The summed E-state index contributed by atoms with van der Waals surface area (Å²) in [5, 5.41) is 2.65. The van der Waals surface area contributed by atoms with Crippen LogP contribution in [0.5, 0.6) is 0 Å². The first-order chi connectivity index (χ1) is 8.20. The Morgan fingerprint density at radius 1 is 1.24 bits per heavy atom. The molecule has 0 saturated heterocycles. The van der Waals surface area contributed by atoms with E-state index in [1.165, 1.54) is 27.7 Å². The lowest BCUT2D eigenvalue weighted by atomic mass is 10.1. The van der Waals surface area contributed by atoms with Gasteiger partial charge in [-0.05, 0) is 17.9 Å². The first kappa shape index (κ1) is 10.3. The number of fused-ring (bicyclic) bond motifs is 2. The van der Waals surface area contributed by atoms with Crippen LogP contribution in [0.4, 0.5) is 0 Å². The molecule has 0 bridgehead atoms. The summed E-state index contributed by atoms with van der Waals surface area (Å²) in [5.41, 5.74) is 3.94. The van der Waals surface area contributed by atoms with Gasteiger partial charge in [0.05, 0.1) is 7.05 Å². The van der Waals surface area contributed by atoms with Crippen molar-refractivity contribution in [2.24, 2.45) is 7.05 Å². The van der Waals surface area contributed by atoms with Gasteiger partial charge in [0.2, 0.25) is 0 Å². The Labute approximate surface area is 101 Å². The molecule has 0 aliphatic heterocycles. The van der Waals surface area contributed by atoms with Crippen LogP contribution in [0, 0.1) is 6.92 Å². The van der Waals surface area contributed by atoms with Gasteiger partial charge in [-0.2, -0.15) is 0 Å². The van der Waals surface area contributed by atoms with Gasteiger partial charge in [-0.15, -0.1) is 0 Å². The van der Waals surface area contributed by atoms with E-state index < -0.39 is 0 Å². The Hall–Kier alpha value is -1.83. The van der Waals surface area contributed by atoms with Crippen LogP contribution < -0.4 is 4.40 Å². The highest BCUT2D eigenvalue weighted by molar-refractivity contribution is 5.86. The van der Waals surface area contributed by atoms with E-state index in [9.17, 15) is 0 Å². The summed E-state index contributed by atoms with van der Waals surface area (Å²) in [6, 6.07) is 8.73. The molecule has 0 unspecified atom stereocenters. The third-order valence-electron chi connectivity index (χ3n) is 3.60. The molecule has 3 rings (SSSR count). The molecule has 2 nitrogen and oxygen atoms in total. The van der Waals surface area contributed by atoms with E-state index in [0.29, 0.717) is 0 Å². The number of imidazole rings is 1. The Morgan fingerprint density at radius 2 is 2.06 bits per heavy atom. The summed E-state index contributed by atoms with van der Waals surface area (Å²) in [5.74, 6) is 0. The molecule has 0 amide bonds. The van der Waals surface area contributed by atoms with Gasteiger partial charge in [0.1, 0.15) is 18.1 Å². The lowest BCUT2D eigenvalue weighted by molar-refractivity contribution is -0.509.